The van der Waals surface area contributed by atoms with Crippen LogP contribution in [-0.4, -0.2) is 12.6 Å². The minimum absolute atomic E-state index is 0.152. The van der Waals surface area contributed by atoms with Crippen LogP contribution in [0, 0.1) is 11.7 Å². The molecular formula is C17H25BrFN. The molecule has 112 valence electrons. The zero-order chi connectivity index (χ0) is 14.4. The van der Waals surface area contributed by atoms with Crippen LogP contribution < -0.4 is 5.32 Å². The maximum atomic E-state index is 13.7. The Morgan fingerprint density at radius 1 is 1.30 bits per heavy atom. The van der Waals surface area contributed by atoms with E-state index >= 15 is 0 Å². The second-order valence-corrected chi connectivity index (χ2v) is 6.67. The molecule has 0 heterocycles. The quantitative estimate of drug-likeness (QED) is 0.760. The first kappa shape index (κ1) is 16.0. The van der Waals surface area contributed by atoms with Crippen molar-refractivity contribution in [3.05, 3.63) is 34.1 Å². The van der Waals surface area contributed by atoms with Crippen molar-refractivity contribution >= 4 is 15.9 Å². The standard InChI is InChI=1S/C17H25BrFN/c1-2-11-20-16(13-7-4-3-5-8-13)12-14-9-6-10-15(19)17(14)18/h6,9-10,13,16,20H,2-5,7-8,11-12H2,1H3. The minimum Gasteiger partial charge on any atom is -0.313 e. The fourth-order valence-electron chi connectivity index (χ4n) is 3.21. The van der Waals surface area contributed by atoms with Crippen molar-refractivity contribution in [1.29, 1.82) is 0 Å². The van der Waals surface area contributed by atoms with Crippen LogP contribution in [0.5, 0.6) is 0 Å². The third-order valence-corrected chi connectivity index (χ3v) is 5.23. The van der Waals surface area contributed by atoms with Crippen molar-refractivity contribution in [2.24, 2.45) is 5.92 Å². The maximum Gasteiger partial charge on any atom is 0.137 e. The molecule has 1 aliphatic rings. The summed E-state index contributed by atoms with van der Waals surface area (Å²) in [5.41, 5.74) is 1.09. The first-order chi connectivity index (χ1) is 9.72. The number of benzene rings is 1. The number of nitrogens with one attached hydrogen (secondary N) is 1. The minimum atomic E-state index is -0.152. The molecule has 0 saturated heterocycles. The smallest absolute Gasteiger partial charge is 0.137 e. The van der Waals surface area contributed by atoms with E-state index in [1.54, 1.807) is 0 Å². The van der Waals surface area contributed by atoms with Crippen molar-refractivity contribution in [3.8, 4) is 0 Å². The topological polar surface area (TPSA) is 12.0 Å². The zero-order valence-electron chi connectivity index (χ0n) is 12.3. The van der Waals surface area contributed by atoms with Crippen LogP contribution >= 0.6 is 15.9 Å². The predicted octanol–water partition coefficient (Wildman–Crippen LogP) is 5.08. The van der Waals surface area contributed by atoms with Gasteiger partial charge in [0.05, 0.1) is 4.47 Å². The first-order valence-corrected chi connectivity index (χ1v) is 8.68. The highest BCUT2D eigenvalue weighted by molar-refractivity contribution is 9.10. The lowest BCUT2D eigenvalue weighted by Crippen LogP contribution is -2.39. The fraction of sp³-hybridized carbons (Fsp3) is 0.647. The summed E-state index contributed by atoms with van der Waals surface area (Å²) >= 11 is 3.40. The van der Waals surface area contributed by atoms with Gasteiger partial charge in [-0.05, 0) is 65.7 Å². The molecule has 2 rings (SSSR count). The Balaban J connectivity index is 2.07. The van der Waals surface area contributed by atoms with Crippen LogP contribution in [0.4, 0.5) is 4.39 Å². The van der Waals surface area contributed by atoms with Gasteiger partial charge < -0.3 is 5.32 Å². The molecule has 0 aromatic heterocycles. The van der Waals surface area contributed by atoms with Crippen molar-refractivity contribution in [2.45, 2.75) is 57.9 Å². The van der Waals surface area contributed by atoms with E-state index in [0.717, 1.165) is 30.9 Å². The molecule has 1 atom stereocenters. The van der Waals surface area contributed by atoms with Crippen molar-refractivity contribution < 1.29 is 4.39 Å². The van der Waals surface area contributed by atoms with Gasteiger partial charge in [0.2, 0.25) is 0 Å². The van der Waals surface area contributed by atoms with Gasteiger partial charge in [-0.1, -0.05) is 38.3 Å². The molecule has 1 N–H and O–H groups in total. The molecule has 1 saturated carbocycles. The van der Waals surface area contributed by atoms with Crippen LogP contribution in [0.2, 0.25) is 0 Å². The molecule has 1 aromatic carbocycles. The van der Waals surface area contributed by atoms with E-state index in [2.05, 4.69) is 28.2 Å². The highest BCUT2D eigenvalue weighted by Crippen LogP contribution is 2.30. The molecule has 1 unspecified atom stereocenters. The van der Waals surface area contributed by atoms with E-state index in [1.807, 2.05) is 12.1 Å². The summed E-state index contributed by atoms with van der Waals surface area (Å²) in [6.45, 7) is 3.25. The van der Waals surface area contributed by atoms with Gasteiger partial charge in [-0.25, -0.2) is 4.39 Å². The Bertz CT molecular complexity index is 415. The molecule has 1 fully saturated rings. The average Bonchev–Trinajstić information content (AvgIpc) is 2.48. The molecule has 0 bridgehead atoms. The Morgan fingerprint density at radius 2 is 2.05 bits per heavy atom. The zero-order valence-corrected chi connectivity index (χ0v) is 13.9. The lowest BCUT2D eigenvalue weighted by molar-refractivity contribution is 0.267. The van der Waals surface area contributed by atoms with Gasteiger partial charge in [-0.3, -0.25) is 0 Å². The molecule has 0 radical (unpaired) electrons. The Hall–Kier alpha value is -0.410. The number of hydrogen-bond acceptors (Lipinski definition) is 1. The number of hydrogen-bond donors (Lipinski definition) is 1. The maximum absolute atomic E-state index is 13.7. The Morgan fingerprint density at radius 3 is 2.75 bits per heavy atom. The summed E-state index contributed by atoms with van der Waals surface area (Å²) in [5, 5.41) is 3.69. The van der Waals surface area contributed by atoms with Gasteiger partial charge in [0.15, 0.2) is 0 Å². The van der Waals surface area contributed by atoms with Crippen LogP contribution in [0.15, 0.2) is 22.7 Å². The molecule has 1 aromatic rings. The summed E-state index contributed by atoms with van der Waals surface area (Å²) in [5.74, 6) is 0.589. The van der Waals surface area contributed by atoms with Crippen molar-refractivity contribution in [2.75, 3.05) is 6.54 Å². The molecule has 0 amide bonds. The molecule has 20 heavy (non-hydrogen) atoms. The Kier molecular flexibility index (Phi) is 6.50. The van der Waals surface area contributed by atoms with Gasteiger partial charge in [-0.2, -0.15) is 0 Å². The summed E-state index contributed by atoms with van der Waals surface area (Å²) in [6.07, 6.45) is 8.76. The molecular weight excluding hydrogens is 317 g/mol. The van der Waals surface area contributed by atoms with Crippen LogP contribution in [0.25, 0.3) is 0 Å². The molecule has 0 aliphatic heterocycles. The molecule has 3 heteroatoms. The van der Waals surface area contributed by atoms with E-state index in [4.69, 9.17) is 0 Å². The van der Waals surface area contributed by atoms with E-state index < -0.39 is 0 Å². The van der Waals surface area contributed by atoms with Crippen molar-refractivity contribution in [3.63, 3.8) is 0 Å². The normalized spacial score (nSPS) is 18.1. The summed E-state index contributed by atoms with van der Waals surface area (Å²) in [6, 6.07) is 5.85. The summed E-state index contributed by atoms with van der Waals surface area (Å²) < 4.78 is 14.3. The van der Waals surface area contributed by atoms with Crippen LogP contribution in [-0.2, 0) is 6.42 Å². The van der Waals surface area contributed by atoms with E-state index in [0.29, 0.717) is 10.5 Å². The third-order valence-electron chi connectivity index (χ3n) is 4.35. The van der Waals surface area contributed by atoms with Crippen molar-refractivity contribution in [1.82, 2.24) is 5.32 Å². The summed E-state index contributed by atoms with van der Waals surface area (Å²) in [4.78, 5) is 0. The Labute approximate surface area is 130 Å². The third kappa shape index (κ3) is 4.29. The highest BCUT2D eigenvalue weighted by atomic mass is 79.9. The van der Waals surface area contributed by atoms with E-state index in [-0.39, 0.29) is 5.82 Å². The van der Waals surface area contributed by atoms with Gasteiger partial charge in [-0.15, -0.1) is 0 Å². The SMILES string of the molecule is CCCNC(Cc1cccc(F)c1Br)C1CCCCC1. The fourth-order valence-corrected chi connectivity index (χ4v) is 3.64. The van der Waals surface area contributed by atoms with Gasteiger partial charge >= 0.3 is 0 Å². The number of halogens is 2. The second-order valence-electron chi connectivity index (χ2n) is 5.88. The van der Waals surface area contributed by atoms with Crippen LogP contribution in [0.1, 0.15) is 51.0 Å². The van der Waals surface area contributed by atoms with Crippen LogP contribution in [0.3, 0.4) is 0 Å². The van der Waals surface area contributed by atoms with Gasteiger partial charge in [0, 0.05) is 6.04 Å². The van der Waals surface area contributed by atoms with E-state index in [9.17, 15) is 4.39 Å². The molecule has 1 nitrogen and oxygen atoms in total. The van der Waals surface area contributed by atoms with Gasteiger partial charge in [0.1, 0.15) is 5.82 Å². The predicted molar refractivity (Wildman–Crippen MR) is 86.5 cm³/mol. The average molecular weight is 342 g/mol. The highest BCUT2D eigenvalue weighted by Gasteiger charge is 2.24. The summed E-state index contributed by atoms with van der Waals surface area (Å²) in [7, 11) is 0. The lowest BCUT2D eigenvalue weighted by atomic mass is 9.81. The van der Waals surface area contributed by atoms with Gasteiger partial charge in [0.25, 0.3) is 0 Å². The molecule has 0 spiro atoms. The second kappa shape index (κ2) is 8.14. The molecule has 1 aliphatic carbocycles. The lowest BCUT2D eigenvalue weighted by Gasteiger charge is -2.31. The van der Waals surface area contributed by atoms with E-state index in [1.165, 1.54) is 38.2 Å². The largest absolute Gasteiger partial charge is 0.313 e. The first-order valence-electron chi connectivity index (χ1n) is 7.88. The monoisotopic (exact) mass is 341 g/mol. The number of rotatable bonds is 6.